The number of hydrogen-bond acceptors (Lipinski definition) is 4. The van der Waals surface area contributed by atoms with Gasteiger partial charge in [0.2, 0.25) is 0 Å². The first-order valence-electron chi connectivity index (χ1n) is 6.35. The minimum Gasteiger partial charge on any atom is -0.484 e. The Labute approximate surface area is 121 Å². The molecule has 0 fully saturated rings. The van der Waals surface area contributed by atoms with E-state index in [1.165, 1.54) is 18.4 Å². The van der Waals surface area contributed by atoms with Gasteiger partial charge in [-0.25, -0.2) is 4.79 Å². The molecule has 0 saturated heterocycles. The largest absolute Gasteiger partial charge is 0.484 e. The van der Waals surface area contributed by atoms with Crippen LogP contribution in [0.15, 0.2) is 47.1 Å². The lowest BCUT2D eigenvalue weighted by molar-refractivity contribution is -0.123. The minimum atomic E-state index is -1.05. The van der Waals surface area contributed by atoms with Gasteiger partial charge in [0.1, 0.15) is 11.5 Å². The molecule has 0 unspecified atom stereocenters. The number of carbonyl (C=O) groups is 2. The molecular formula is C15H15NO5. The quantitative estimate of drug-likeness (QED) is 0.851. The summed E-state index contributed by atoms with van der Waals surface area (Å²) < 4.78 is 10.5. The van der Waals surface area contributed by atoms with E-state index in [2.05, 4.69) is 5.32 Å². The highest BCUT2D eigenvalue weighted by Gasteiger charge is 2.12. The summed E-state index contributed by atoms with van der Waals surface area (Å²) in [4.78, 5) is 22.6. The van der Waals surface area contributed by atoms with Crippen molar-refractivity contribution in [1.82, 2.24) is 5.32 Å². The number of benzene rings is 1. The molecule has 0 aliphatic carbocycles. The van der Waals surface area contributed by atoms with Crippen LogP contribution in [-0.2, 0) is 4.79 Å². The molecule has 6 heteroatoms. The van der Waals surface area contributed by atoms with Crippen molar-refractivity contribution in [1.29, 1.82) is 0 Å². The minimum absolute atomic E-state index is 0.108. The molecule has 1 atom stereocenters. The van der Waals surface area contributed by atoms with Gasteiger partial charge in [0.15, 0.2) is 6.61 Å². The van der Waals surface area contributed by atoms with Gasteiger partial charge < -0.3 is 19.6 Å². The Kier molecular flexibility index (Phi) is 4.61. The third kappa shape index (κ3) is 4.10. The van der Waals surface area contributed by atoms with Crippen LogP contribution in [0.25, 0.3) is 0 Å². The molecule has 1 heterocycles. The first-order chi connectivity index (χ1) is 10.1. The van der Waals surface area contributed by atoms with Crippen molar-refractivity contribution in [2.45, 2.75) is 13.0 Å². The van der Waals surface area contributed by atoms with Crippen LogP contribution in [0.4, 0.5) is 0 Å². The highest BCUT2D eigenvalue weighted by molar-refractivity contribution is 5.88. The maximum absolute atomic E-state index is 11.7. The monoisotopic (exact) mass is 289 g/mol. The fraction of sp³-hybridized carbons (Fsp3) is 0.200. The van der Waals surface area contributed by atoms with Gasteiger partial charge in [-0.1, -0.05) is 6.07 Å². The van der Waals surface area contributed by atoms with Gasteiger partial charge in [0, 0.05) is 0 Å². The molecule has 0 saturated carbocycles. The van der Waals surface area contributed by atoms with Crippen molar-refractivity contribution in [2.24, 2.45) is 0 Å². The summed E-state index contributed by atoms with van der Waals surface area (Å²) >= 11 is 0. The van der Waals surface area contributed by atoms with E-state index in [0.717, 1.165) is 0 Å². The van der Waals surface area contributed by atoms with Crippen LogP contribution in [0.5, 0.6) is 5.75 Å². The van der Waals surface area contributed by atoms with E-state index in [1.54, 1.807) is 31.2 Å². The Hall–Kier alpha value is -2.76. The average Bonchev–Trinajstić information content (AvgIpc) is 2.99. The molecule has 110 valence electrons. The van der Waals surface area contributed by atoms with Gasteiger partial charge in [0.05, 0.1) is 17.9 Å². The third-order valence-corrected chi connectivity index (χ3v) is 2.80. The molecule has 6 nitrogen and oxygen atoms in total. The molecule has 0 aliphatic heterocycles. The topological polar surface area (TPSA) is 88.8 Å². The lowest BCUT2D eigenvalue weighted by Crippen LogP contribution is -2.31. The fourth-order valence-electron chi connectivity index (χ4n) is 1.76. The van der Waals surface area contributed by atoms with E-state index in [4.69, 9.17) is 14.3 Å². The number of ether oxygens (including phenoxy) is 1. The summed E-state index contributed by atoms with van der Waals surface area (Å²) in [5.41, 5.74) is 0.108. The Morgan fingerprint density at radius 2 is 2.14 bits per heavy atom. The Morgan fingerprint density at radius 3 is 2.81 bits per heavy atom. The summed E-state index contributed by atoms with van der Waals surface area (Å²) in [7, 11) is 0. The number of carboxylic acid groups (broad SMARTS) is 1. The van der Waals surface area contributed by atoms with Crippen LogP contribution in [-0.4, -0.2) is 23.6 Å². The summed E-state index contributed by atoms with van der Waals surface area (Å²) in [6.45, 7) is 1.59. The summed E-state index contributed by atoms with van der Waals surface area (Å²) in [5.74, 6) is -0.386. The lowest BCUT2D eigenvalue weighted by atomic mass is 10.2. The standard InChI is InChI=1S/C15H15NO5/c1-10(13-6-3-7-20-13)16-14(17)9-21-12-5-2-4-11(8-12)15(18)19/h2-8,10H,9H2,1H3,(H,16,17)(H,18,19)/t10-/m0/s1. The average molecular weight is 289 g/mol. The summed E-state index contributed by atoms with van der Waals surface area (Å²) in [6, 6.07) is 9.22. The number of aromatic carboxylic acids is 1. The molecule has 2 aromatic rings. The predicted molar refractivity (Wildman–Crippen MR) is 74.2 cm³/mol. The molecule has 1 aromatic heterocycles. The Balaban J connectivity index is 1.86. The fourth-order valence-corrected chi connectivity index (χ4v) is 1.76. The van der Waals surface area contributed by atoms with Crippen LogP contribution in [0.2, 0.25) is 0 Å². The Bertz CT molecular complexity index is 621. The zero-order valence-corrected chi connectivity index (χ0v) is 11.4. The van der Waals surface area contributed by atoms with E-state index in [1.807, 2.05) is 0 Å². The zero-order valence-electron chi connectivity index (χ0n) is 11.4. The third-order valence-electron chi connectivity index (χ3n) is 2.80. The second-order valence-electron chi connectivity index (χ2n) is 4.43. The van der Waals surface area contributed by atoms with Crippen molar-refractivity contribution >= 4 is 11.9 Å². The second kappa shape index (κ2) is 6.60. The van der Waals surface area contributed by atoms with Gasteiger partial charge >= 0.3 is 5.97 Å². The molecule has 1 aromatic carbocycles. The first-order valence-corrected chi connectivity index (χ1v) is 6.35. The molecule has 0 aliphatic rings. The first kappa shape index (κ1) is 14.6. The highest BCUT2D eigenvalue weighted by Crippen LogP contribution is 2.14. The molecule has 0 spiro atoms. The maximum Gasteiger partial charge on any atom is 0.335 e. The Morgan fingerprint density at radius 1 is 1.33 bits per heavy atom. The highest BCUT2D eigenvalue weighted by atomic mass is 16.5. The molecule has 2 N–H and O–H groups in total. The number of hydrogen-bond donors (Lipinski definition) is 2. The molecular weight excluding hydrogens is 274 g/mol. The molecule has 21 heavy (non-hydrogen) atoms. The zero-order chi connectivity index (χ0) is 15.2. The molecule has 2 rings (SSSR count). The number of furan rings is 1. The van der Waals surface area contributed by atoms with Gasteiger partial charge in [-0.15, -0.1) is 0 Å². The number of carbonyl (C=O) groups excluding carboxylic acids is 1. The van der Waals surface area contributed by atoms with E-state index in [-0.39, 0.29) is 24.1 Å². The number of nitrogens with one attached hydrogen (secondary N) is 1. The lowest BCUT2D eigenvalue weighted by Gasteiger charge is -2.12. The summed E-state index contributed by atoms with van der Waals surface area (Å²) in [5, 5.41) is 11.6. The van der Waals surface area contributed by atoms with Crippen molar-refractivity contribution in [3.05, 3.63) is 54.0 Å². The van der Waals surface area contributed by atoms with Crippen molar-refractivity contribution in [2.75, 3.05) is 6.61 Å². The van der Waals surface area contributed by atoms with Gasteiger partial charge in [-0.2, -0.15) is 0 Å². The summed E-state index contributed by atoms with van der Waals surface area (Å²) in [6.07, 6.45) is 1.53. The van der Waals surface area contributed by atoms with Crippen molar-refractivity contribution in [3.8, 4) is 5.75 Å². The number of carboxylic acids is 1. The van der Waals surface area contributed by atoms with E-state index >= 15 is 0 Å². The second-order valence-corrected chi connectivity index (χ2v) is 4.43. The smallest absolute Gasteiger partial charge is 0.335 e. The maximum atomic E-state index is 11.7. The van der Waals surface area contributed by atoms with Crippen molar-refractivity contribution < 1.29 is 23.8 Å². The van der Waals surface area contributed by atoms with Gasteiger partial charge in [0.25, 0.3) is 5.91 Å². The van der Waals surface area contributed by atoms with Crippen LogP contribution >= 0.6 is 0 Å². The number of rotatable bonds is 6. The predicted octanol–water partition coefficient (Wildman–Crippen LogP) is 2.23. The molecule has 0 bridgehead atoms. The van der Waals surface area contributed by atoms with Crippen LogP contribution in [0, 0.1) is 0 Å². The van der Waals surface area contributed by atoms with Gasteiger partial charge in [-0.05, 0) is 37.3 Å². The van der Waals surface area contributed by atoms with Crippen LogP contribution in [0.1, 0.15) is 29.1 Å². The van der Waals surface area contributed by atoms with Gasteiger partial charge in [-0.3, -0.25) is 4.79 Å². The van der Waals surface area contributed by atoms with Crippen LogP contribution in [0.3, 0.4) is 0 Å². The van der Waals surface area contributed by atoms with E-state index in [0.29, 0.717) is 11.5 Å². The number of amides is 1. The van der Waals surface area contributed by atoms with E-state index < -0.39 is 5.97 Å². The van der Waals surface area contributed by atoms with E-state index in [9.17, 15) is 9.59 Å². The SMILES string of the molecule is C[C@H](NC(=O)COc1cccc(C(=O)O)c1)c1ccco1. The molecule has 0 radical (unpaired) electrons. The normalized spacial score (nSPS) is 11.7. The van der Waals surface area contributed by atoms with Crippen molar-refractivity contribution in [3.63, 3.8) is 0 Å². The molecule has 1 amide bonds. The van der Waals surface area contributed by atoms with Crippen LogP contribution < -0.4 is 10.1 Å².